The second kappa shape index (κ2) is 8.07. The maximum atomic E-state index is 4.91. The summed E-state index contributed by atoms with van der Waals surface area (Å²) in [7, 11) is 0. The Balaban J connectivity index is 2.10. The molecule has 0 saturated carbocycles. The molecule has 2 heterocycles. The largest absolute Gasteiger partial charge is 0.343 e. The van der Waals surface area contributed by atoms with Crippen LogP contribution in [-0.2, 0) is 12.8 Å². The van der Waals surface area contributed by atoms with E-state index in [4.69, 9.17) is 4.98 Å². The van der Waals surface area contributed by atoms with Crippen molar-refractivity contribution < 1.29 is 0 Å². The van der Waals surface area contributed by atoms with Gasteiger partial charge in [0.15, 0.2) is 0 Å². The summed E-state index contributed by atoms with van der Waals surface area (Å²) in [5, 5.41) is 1.30. The molecule has 0 N–H and O–H groups in total. The minimum absolute atomic E-state index is 0.541. The van der Waals surface area contributed by atoms with Gasteiger partial charge in [-0.3, -0.25) is 4.98 Å². The van der Waals surface area contributed by atoms with Gasteiger partial charge in [0.2, 0.25) is 0 Å². The van der Waals surface area contributed by atoms with Crippen molar-refractivity contribution in [1.29, 1.82) is 0 Å². The van der Waals surface area contributed by atoms with Gasteiger partial charge < -0.3 is 4.57 Å². The van der Waals surface area contributed by atoms with E-state index in [9.17, 15) is 0 Å². The van der Waals surface area contributed by atoms with Crippen molar-refractivity contribution in [3.8, 4) is 11.3 Å². The Morgan fingerprint density at radius 3 is 2.27 bits per heavy atom. The zero-order chi connectivity index (χ0) is 18.7. The quantitative estimate of drug-likeness (QED) is 0.458. The fourth-order valence-corrected chi connectivity index (χ4v) is 4.14. The Kier molecular flexibility index (Phi) is 5.80. The Labute approximate surface area is 158 Å². The van der Waals surface area contributed by atoms with Crippen molar-refractivity contribution in [3.05, 3.63) is 53.9 Å². The highest BCUT2D eigenvalue weighted by Gasteiger charge is 2.17. The number of rotatable bonds is 7. The molecule has 0 amide bonds. The lowest BCUT2D eigenvalue weighted by molar-refractivity contribution is 0.359. The molecule has 2 nitrogen and oxygen atoms in total. The first-order chi connectivity index (χ1) is 12.6. The lowest BCUT2D eigenvalue weighted by Crippen LogP contribution is -2.14. The third-order valence-corrected chi connectivity index (χ3v) is 5.57. The first kappa shape index (κ1) is 18.7. The fraction of sp³-hybridized carbons (Fsp3) is 0.458. The first-order valence-corrected chi connectivity index (χ1v) is 10.2. The van der Waals surface area contributed by atoms with Crippen LogP contribution in [0.2, 0.25) is 0 Å². The molecular weight excluding hydrogens is 316 g/mol. The van der Waals surface area contributed by atoms with Gasteiger partial charge >= 0.3 is 0 Å². The third-order valence-electron chi connectivity index (χ3n) is 5.57. The van der Waals surface area contributed by atoms with Crippen LogP contribution in [0.1, 0.15) is 64.6 Å². The Morgan fingerprint density at radius 1 is 1.00 bits per heavy atom. The average molecular weight is 349 g/mol. The minimum Gasteiger partial charge on any atom is -0.343 e. The summed E-state index contributed by atoms with van der Waals surface area (Å²) >= 11 is 0. The van der Waals surface area contributed by atoms with Crippen LogP contribution >= 0.6 is 0 Å². The monoisotopic (exact) mass is 348 g/mol. The summed E-state index contributed by atoms with van der Waals surface area (Å²) in [5.41, 5.74) is 6.48. The minimum atomic E-state index is 0.541. The molecule has 0 bridgehead atoms. The molecule has 0 saturated heterocycles. The topological polar surface area (TPSA) is 17.8 Å². The molecule has 0 aliphatic rings. The van der Waals surface area contributed by atoms with E-state index in [1.165, 1.54) is 40.4 Å². The number of benzene rings is 1. The van der Waals surface area contributed by atoms with E-state index in [0.717, 1.165) is 18.5 Å². The number of hydrogen-bond donors (Lipinski definition) is 0. The smallest absolute Gasteiger partial charge is 0.0715 e. The van der Waals surface area contributed by atoms with Gasteiger partial charge in [0, 0.05) is 23.2 Å². The number of hydrogen-bond acceptors (Lipinski definition) is 1. The highest BCUT2D eigenvalue weighted by atomic mass is 15.0. The summed E-state index contributed by atoms with van der Waals surface area (Å²) in [4.78, 5) is 4.91. The van der Waals surface area contributed by atoms with E-state index in [-0.39, 0.29) is 0 Å². The molecule has 3 rings (SSSR count). The molecule has 0 radical (unpaired) electrons. The van der Waals surface area contributed by atoms with Crippen LogP contribution in [0.3, 0.4) is 0 Å². The molecular formula is C24H32N2. The SMILES string of the molecule is CCCC(C(C)C)n1ccc2cc(-c3c(CC)cccc3CC)ncc21. The molecule has 0 aliphatic carbocycles. The fourth-order valence-electron chi connectivity index (χ4n) is 4.14. The van der Waals surface area contributed by atoms with E-state index in [1.807, 2.05) is 0 Å². The third kappa shape index (κ3) is 3.42. The van der Waals surface area contributed by atoms with Crippen molar-refractivity contribution in [2.75, 3.05) is 0 Å². The van der Waals surface area contributed by atoms with Crippen LogP contribution in [-0.4, -0.2) is 9.55 Å². The van der Waals surface area contributed by atoms with Gasteiger partial charge in [-0.15, -0.1) is 0 Å². The van der Waals surface area contributed by atoms with Gasteiger partial charge in [0.05, 0.1) is 17.4 Å². The second-order valence-electron chi connectivity index (χ2n) is 7.61. The zero-order valence-corrected chi connectivity index (χ0v) is 16.9. The van der Waals surface area contributed by atoms with Crippen LogP contribution < -0.4 is 0 Å². The van der Waals surface area contributed by atoms with Gasteiger partial charge in [-0.25, -0.2) is 0 Å². The maximum absolute atomic E-state index is 4.91. The molecule has 2 aromatic heterocycles. The molecule has 26 heavy (non-hydrogen) atoms. The lowest BCUT2D eigenvalue weighted by atomic mass is 9.94. The lowest BCUT2D eigenvalue weighted by Gasteiger charge is -2.23. The van der Waals surface area contributed by atoms with Crippen molar-refractivity contribution in [2.24, 2.45) is 5.92 Å². The zero-order valence-electron chi connectivity index (χ0n) is 16.9. The second-order valence-corrected chi connectivity index (χ2v) is 7.61. The van der Waals surface area contributed by atoms with Crippen LogP contribution in [0.4, 0.5) is 0 Å². The van der Waals surface area contributed by atoms with Crippen molar-refractivity contribution >= 4 is 10.9 Å². The predicted molar refractivity (Wildman–Crippen MR) is 113 cm³/mol. The van der Waals surface area contributed by atoms with Gasteiger partial charge in [-0.2, -0.15) is 0 Å². The molecule has 2 heteroatoms. The maximum Gasteiger partial charge on any atom is 0.0715 e. The number of aromatic nitrogens is 2. The molecule has 1 aromatic carbocycles. The van der Waals surface area contributed by atoms with E-state index >= 15 is 0 Å². The van der Waals surface area contributed by atoms with Gasteiger partial charge in [0.25, 0.3) is 0 Å². The summed E-state index contributed by atoms with van der Waals surface area (Å²) in [5.74, 6) is 0.623. The molecule has 138 valence electrons. The van der Waals surface area contributed by atoms with Crippen LogP contribution in [0.15, 0.2) is 42.7 Å². The van der Waals surface area contributed by atoms with E-state index in [0.29, 0.717) is 12.0 Å². The van der Waals surface area contributed by atoms with Crippen molar-refractivity contribution in [2.45, 2.75) is 66.3 Å². The number of pyridine rings is 1. The van der Waals surface area contributed by atoms with Gasteiger partial charge in [-0.05, 0) is 48.4 Å². The molecule has 3 aromatic rings. The van der Waals surface area contributed by atoms with E-state index in [2.05, 4.69) is 81.9 Å². The van der Waals surface area contributed by atoms with Crippen LogP contribution in [0, 0.1) is 5.92 Å². The van der Waals surface area contributed by atoms with E-state index in [1.54, 1.807) is 0 Å². The van der Waals surface area contributed by atoms with Crippen LogP contribution in [0.25, 0.3) is 22.2 Å². The number of aryl methyl sites for hydroxylation is 2. The summed E-state index contributed by atoms with van der Waals surface area (Å²) in [6, 6.07) is 11.7. The molecule has 0 fully saturated rings. The average Bonchev–Trinajstić information content (AvgIpc) is 3.07. The molecule has 1 atom stereocenters. The molecule has 0 spiro atoms. The number of fused-ring (bicyclic) bond motifs is 1. The molecule has 1 unspecified atom stereocenters. The summed E-state index contributed by atoms with van der Waals surface area (Å²) in [6.07, 6.45) is 8.83. The van der Waals surface area contributed by atoms with Gasteiger partial charge in [0.1, 0.15) is 0 Å². The van der Waals surface area contributed by atoms with Crippen molar-refractivity contribution in [3.63, 3.8) is 0 Å². The Hall–Kier alpha value is -2.09. The van der Waals surface area contributed by atoms with E-state index < -0.39 is 0 Å². The van der Waals surface area contributed by atoms with Crippen molar-refractivity contribution in [1.82, 2.24) is 9.55 Å². The highest BCUT2D eigenvalue weighted by molar-refractivity contribution is 5.84. The molecule has 0 aliphatic heterocycles. The summed E-state index contributed by atoms with van der Waals surface area (Å²) < 4.78 is 2.44. The predicted octanol–water partition coefficient (Wildman–Crippen LogP) is 6.83. The first-order valence-electron chi connectivity index (χ1n) is 10.2. The summed E-state index contributed by atoms with van der Waals surface area (Å²) in [6.45, 7) is 11.4. The normalized spacial score (nSPS) is 12.8. The van der Waals surface area contributed by atoms with Crippen LogP contribution in [0.5, 0.6) is 0 Å². The standard InChI is InChI=1S/C24H32N2/c1-6-10-22(17(4)5)26-14-13-20-15-21(25-16-23(20)26)24-18(7-2)11-9-12-19(24)8-3/h9,11-17,22H,6-8,10H2,1-5H3. The Bertz CT molecular complexity index is 851. The Morgan fingerprint density at radius 2 is 1.69 bits per heavy atom. The van der Waals surface area contributed by atoms with Gasteiger partial charge in [-0.1, -0.05) is 59.2 Å². The number of nitrogens with zero attached hydrogens (tertiary/aromatic N) is 2. The highest BCUT2D eigenvalue weighted by Crippen LogP contribution is 2.32.